The molecule has 2 aliphatic carbocycles. The van der Waals surface area contributed by atoms with Crippen molar-refractivity contribution in [2.75, 3.05) is 0 Å². The first-order valence-electron chi connectivity index (χ1n) is 27.3. The summed E-state index contributed by atoms with van der Waals surface area (Å²) >= 11 is 6.06. The summed E-state index contributed by atoms with van der Waals surface area (Å²) in [6.07, 6.45) is 3.18. The third-order valence-electron chi connectivity index (χ3n) is 16.2. The number of hydrogen-bond acceptors (Lipinski definition) is 18. The molecular weight excluding hydrogens is 1240 g/mol. The maximum atomic E-state index is 17.0. The van der Waals surface area contributed by atoms with Crippen LogP contribution in [0.15, 0.2) is 128 Å². The fraction of sp³-hybridized carbons (Fsp3) is 0.0857. The summed E-state index contributed by atoms with van der Waals surface area (Å²) in [7, 11) is 0. The van der Waals surface area contributed by atoms with Crippen LogP contribution >= 0.6 is 45.3 Å². The number of allylic oxidation sites excluding steroid dienone is 6. The number of carbonyl (C=O) groups excluding carboxylic acids is 2. The molecule has 0 N–H and O–H groups in total. The Morgan fingerprint density at radius 2 is 0.824 bits per heavy atom. The highest BCUT2D eigenvalue weighted by molar-refractivity contribution is 7.58. The number of ether oxygens (including phenoxy) is 2. The largest absolute Gasteiger partial charge is 0.482 e. The van der Waals surface area contributed by atoms with Crippen molar-refractivity contribution in [3.63, 3.8) is 0 Å². The summed E-state index contributed by atoms with van der Waals surface area (Å²) in [5, 5.41) is 78.8. The van der Waals surface area contributed by atoms with Crippen LogP contribution in [0.5, 0.6) is 11.5 Å². The molecule has 0 atom stereocenters. The average molecular weight is 1270 g/mol. The lowest BCUT2D eigenvalue weighted by molar-refractivity contribution is 0.103. The smallest absolute Gasteiger partial charge is 0.194 e. The van der Waals surface area contributed by atoms with Gasteiger partial charge in [0, 0.05) is 84.9 Å². The Hall–Kier alpha value is -11.6. The van der Waals surface area contributed by atoms with Gasteiger partial charge in [-0.25, -0.2) is 8.78 Å². The summed E-state index contributed by atoms with van der Waals surface area (Å²) in [4.78, 5) is 33.1. The van der Waals surface area contributed by atoms with Crippen molar-refractivity contribution in [1.82, 2.24) is 0 Å². The third kappa shape index (κ3) is 8.77. The van der Waals surface area contributed by atoms with E-state index in [1.807, 2.05) is 125 Å². The van der Waals surface area contributed by atoms with E-state index in [1.165, 1.54) is 69.6 Å². The summed E-state index contributed by atoms with van der Waals surface area (Å²) in [6.45, 7) is 7.69. The number of ketones is 2. The fourth-order valence-electron chi connectivity index (χ4n) is 12.1. The van der Waals surface area contributed by atoms with E-state index >= 15 is 8.78 Å². The summed E-state index contributed by atoms with van der Waals surface area (Å²) in [5.74, 6) is -2.06. The second kappa shape index (κ2) is 21.0. The van der Waals surface area contributed by atoms with E-state index in [-0.39, 0.29) is 100 Å². The van der Waals surface area contributed by atoms with Crippen LogP contribution in [0.1, 0.15) is 103 Å². The van der Waals surface area contributed by atoms with Crippen LogP contribution in [-0.4, -0.2) is 11.6 Å². The predicted molar refractivity (Wildman–Crippen MR) is 342 cm³/mol. The highest BCUT2D eigenvalue weighted by Gasteiger charge is 2.40. The maximum Gasteiger partial charge on any atom is 0.194 e. The Bertz CT molecular complexity index is 5230. The van der Waals surface area contributed by atoms with Gasteiger partial charge in [0.15, 0.2) is 23.2 Å². The molecule has 0 unspecified atom stereocenters. The summed E-state index contributed by atoms with van der Waals surface area (Å²) in [5.41, 5.74) is 3.91. The van der Waals surface area contributed by atoms with Crippen LogP contribution in [0.2, 0.25) is 0 Å². The number of hydrogen-bond donors (Lipinski definition) is 0. The van der Waals surface area contributed by atoms with Crippen LogP contribution in [0.3, 0.4) is 0 Å². The van der Waals surface area contributed by atoms with E-state index in [1.54, 1.807) is 36.4 Å². The fourth-order valence-corrected chi connectivity index (χ4v) is 16.9. The highest BCUT2D eigenvalue weighted by Crippen LogP contribution is 2.57. The number of Topliss-reactive ketones (excluding diaryl/α,β-unsaturated/α-hetero) is 2. The number of benzene rings is 5. The number of halogens is 2. The Morgan fingerprint density at radius 1 is 0.462 bits per heavy atom. The number of nitriles is 8. The molecule has 91 heavy (non-hydrogen) atoms. The van der Waals surface area contributed by atoms with Crippen molar-refractivity contribution in [3.05, 3.63) is 196 Å². The molecular formula is C70H30F2N10O4S5. The minimum Gasteiger partial charge on any atom is -0.482 e. The van der Waals surface area contributed by atoms with Crippen molar-refractivity contribution in [3.8, 4) is 123 Å². The molecule has 0 amide bonds. The molecule has 14 nitrogen and oxygen atoms in total. The van der Waals surface area contributed by atoms with Gasteiger partial charge in [-0.3, -0.25) is 9.59 Å². The monoisotopic (exact) mass is 1270 g/mol. The van der Waals surface area contributed by atoms with E-state index in [2.05, 4.69) is 8.73 Å². The van der Waals surface area contributed by atoms with Gasteiger partial charge in [-0.05, 0) is 135 Å². The van der Waals surface area contributed by atoms with Gasteiger partial charge in [0.2, 0.25) is 0 Å². The van der Waals surface area contributed by atoms with E-state index < -0.39 is 34.4 Å². The Balaban J connectivity index is 0.750. The minimum absolute atomic E-state index is 0.00521. The average Bonchev–Trinajstić information content (AvgIpc) is 1.70. The molecule has 5 aliphatic rings. The second-order valence-electron chi connectivity index (χ2n) is 22.2. The maximum absolute atomic E-state index is 17.0. The molecule has 0 fully saturated rings. The zero-order valence-corrected chi connectivity index (χ0v) is 51.4. The molecule has 9 aromatic rings. The van der Waals surface area contributed by atoms with Gasteiger partial charge in [-0.1, -0.05) is 24.3 Å². The first-order valence-corrected chi connectivity index (χ1v) is 31.2. The summed E-state index contributed by atoms with van der Waals surface area (Å²) in [6, 6.07) is 43.2. The highest BCUT2D eigenvalue weighted by atomic mass is 32.1. The lowest BCUT2D eigenvalue weighted by Gasteiger charge is -2.33. The minimum atomic E-state index is -1.07. The number of thiophene rings is 4. The van der Waals surface area contributed by atoms with Gasteiger partial charge < -0.3 is 9.47 Å². The standard InChI is InChI=1S/C70H30F2N10O4S5/c1-69(2)49-17-31(5-7-41(49)67-51(85-69)21-39(87-67)19-47-57(37(27-77)28-78)43-13-33(23-73)35(25-75)15-45(43)65(47)83)53-9-11-55(89-53)59-61(71)62(72)60(64-63(59)81-91-82-64)56-12-10-54(90-56)32-6-8-42-50(18-32)70(3,4)86-52-22-40(88-68(42)52)20-48-58(38(29-79)30-80)44-14-34(24-74)36(26-76)16-46(44)66(48)84/h5-22H,1-4H3/b47-19-,48-20-. The Kier molecular flexibility index (Phi) is 13.2. The number of rotatable bonds is 6. The van der Waals surface area contributed by atoms with Gasteiger partial charge in [-0.2, -0.15) is 50.8 Å². The van der Waals surface area contributed by atoms with Gasteiger partial charge in [0.1, 0.15) is 93.8 Å². The summed E-state index contributed by atoms with van der Waals surface area (Å²) < 4.78 is 56.2. The molecule has 14 rings (SSSR count). The topological polar surface area (TPSA) is 268 Å². The molecule has 3 aliphatic heterocycles. The first-order chi connectivity index (χ1) is 43.8. The van der Waals surface area contributed by atoms with E-state index in [0.29, 0.717) is 31.0 Å². The third-order valence-corrected chi connectivity index (χ3v) is 21.3. The molecule has 0 bridgehead atoms. The van der Waals surface area contributed by atoms with Crippen molar-refractivity contribution >= 4 is 103 Å². The van der Waals surface area contributed by atoms with E-state index in [0.717, 1.165) is 64.2 Å². The van der Waals surface area contributed by atoms with Crippen molar-refractivity contribution in [2.24, 2.45) is 8.73 Å². The van der Waals surface area contributed by atoms with E-state index in [4.69, 9.17) is 9.47 Å². The molecule has 0 spiro atoms. The zero-order chi connectivity index (χ0) is 63.7. The van der Waals surface area contributed by atoms with Crippen molar-refractivity contribution in [2.45, 2.75) is 38.9 Å². The quantitative estimate of drug-likeness (QED) is 0.111. The van der Waals surface area contributed by atoms with Gasteiger partial charge in [-0.15, -0.1) is 45.3 Å². The first kappa shape index (κ1) is 57.2. The second-order valence-corrected chi connectivity index (χ2v) is 27.0. The lowest BCUT2D eigenvalue weighted by atomic mass is 9.88. The molecule has 7 heterocycles. The molecule has 0 saturated carbocycles. The predicted octanol–water partition coefficient (Wildman–Crippen LogP) is 17.8. The Labute approximate surface area is 535 Å². The van der Waals surface area contributed by atoms with Crippen LogP contribution in [0, 0.1) is 102 Å². The molecule has 21 heteroatoms. The molecule has 428 valence electrons. The van der Waals surface area contributed by atoms with Crippen LogP contribution < -0.4 is 9.47 Å². The van der Waals surface area contributed by atoms with Crippen LogP contribution in [0.25, 0.3) is 85.9 Å². The Morgan fingerprint density at radius 3 is 1.19 bits per heavy atom. The number of nitrogens with zero attached hydrogens (tertiary/aromatic N) is 10. The van der Waals surface area contributed by atoms with Gasteiger partial charge >= 0.3 is 0 Å². The van der Waals surface area contributed by atoms with Crippen LogP contribution in [0.4, 0.5) is 20.2 Å². The number of carbonyl (C=O) groups is 2. The molecule has 0 saturated heterocycles. The molecule has 0 radical (unpaired) electrons. The van der Waals surface area contributed by atoms with Crippen LogP contribution in [-0.2, 0) is 22.6 Å². The molecule has 4 aromatic heterocycles. The molecule has 5 aromatic carbocycles. The van der Waals surface area contributed by atoms with E-state index in [9.17, 15) is 51.7 Å². The van der Waals surface area contributed by atoms with Crippen molar-refractivity contribution < 1.29 is 27.8 Å². The normalized spacial score (nSPS) is 15.3. The lowest BCUT2D eigenvalue weighted by Crippen LogP contribution is -2.28. The SMILES string of the molecule is CC1(C)Oc2cc(/C=C3\C(=O)c4cc(C#N)c(C#N)cc4C3=C(C#N)C#N)sc2-c2ccc(-c3ccc(-c4c(F)c(F)c(-c5ccc(-c6ccc7c(c6)C(C)(C)Oc6cc(/C=C8\C(=O)c9cc(C#N)c(C#N)cc9C8=C(C#N)C#N)sc6-7)s5)c5c4N=S=N5)s3)cc21. The number of fused-ring (bicyclic) bond motifs is 9. The van der Waals surface area contributed by atoms with Gasteiger partial charge in [0.25, 0.3) is 0 Å². The zero-order valence-electron chi connectivity index (χ0n) is 47.3. The van der Waals surface area contributed by atoms with Gasteiger partial charge in [0.05, 0.1) is 54.5 Å². The van der Waals surface area contributed by atoms with Crippen molar-refractivity contribution in [1.29, 1.82) is 42.1 Å².